The molecule has 1 saturated heterocycles. The third-order valence-electron chi connectivity index (χ3n) is 7.08. The topological polar surface area (TPSA) is 34.6 Å². The van der Waals surface area contributed by atoms with E-state index in [0.717, 1.165) is 36.0 Å². The van der Waals surface area contributed by atoms with Crippen molar-refractivity contribution >= 4 is 11.8 Å². The Morgan fingerprint density at radius 3 is 2.81 bits per heavy atom. The lowest BCUT2D eigenvalue weighted by atomic mass is 9.84. The van der Waals surface area contributed by atoms with Crippen LogP contribution in [0.5, 0.6) is 11.5 Å². The zero-order valence-electron chi connectivity index (χ0n) is 17.7. The molecule has 1 atom stereocenters. The minimum atomic E-state index is 0.135. The molecule has 2 aromatic carbocycles. The average Bonchev–Trinajstić information content (AvgIpc) is 3.09. The Morgan fingerprint density at radius 2 is 1.94 bits per heavy atom. The van der Waals surface area contributed by atoms with Crippen LogP contribution in [0.25, 0.3) is 0 Å². The van der Waals surface area contributed by atoms with Gasteiger partial charge in [0.25, 0.3) is 0 Å². The van der Waals surface area contributed by atoms with E-state index in [2.05, 4.69) is 58.0 Å². The van der Waals surface area contributed by atoms with Crippen molar-refractivity contribution in [3.05, 3.63) is 88.7 Å². The summed E-state index contributed by atoms with van der Waals surface area (Å²) in [6, 6.07) is 19.6. The highest BCUT2D eigenvalue weighted by Crippen LogP contribution is 2.54. The van der Waals surface area contributed by atoms with Gasteiger partial charge in [-0.25, -0.2) is 0 Å². The van der Waals surface area contributed by atoms with E-state index in [4.69, 9.17) is 9.47 Å². The number of piperidine rings is 1. The van der Waals surface area contributed by atoms with Gasteiger partial charge < -0.3 is 9.47 Å². The van der Waals surface area contributed by atoms with Gasteiger partial charge in [0.1, 0.15) is 18.1 Å². The number of fused-ring (bicyclic) bond motifs is 4. The van der Waals surface area contributed by atoms with Gasteiger partial charge in [-0.15, -0.1) is 11.8 Å². The van der Waals surface area contributed by atoms with Crippen LogP contribution >= 0.6 is 11.8 Å². The van der Waals surface area contributed by atoms with Crippen molar-refractivity contribution in [1.82, 2.24) is 9.88 Å². The van der Waals surface area contributed by atoms with Crippen LogP contribution in [-0.2, 0) is 17.1 Å². The molecule has 6 rings (SSSR count). The number of pyridine rings is 1. The van der Waals surface area contributed by atoms with Crippen molar-refractivity contribution in [1.29, 1.82) is 0 Å². The van der Waals surface area contributed by atoms with E-state index in [1.807, 2.05) is 24.4 Å². The molecule has 5 heteroatoms. The van der Waals surface area contributed by atoms with E-state index < -0.39 is 0 Å². The van der Waals surface area contributed by atoms with Crippen molar-refractivity contribution in [3.8, 4) is 11.5 Å². The Labute approximate surface area is 187 Å². The van der Waals surface area contributed by atoms with E-state index in [1.54, 1.807) is 12.7 Å². The highest BCUT2D eigenvalue weighted by molar-refractivity contribution is 7.99. The van der Waals surface area contributed by atoms with E-state index >= 15 is 0 Å². The highest BCUT2D eigenvalue weighted by Gasteiger charge is 2.44. The maximum absolute atomic E-state index is 6.19. The number of rotatable bonds is 2. The Kier molecular flexibility index (Phi) is 4.69. The molecule has 3 aromatic rings. The SMILES string of the molecule is COc1ccc2c(c1)C(N1CCC3(CC1)SCc1ccccc13)c1cccnc1CO2. The predicted octanol–water partition coefficient (Wildman–Crippen LogP) is 5.31. The molecule has 4 nitrogen and oxygen atoms in total. The number of aromatic nitrogens is 1. The van der Waals surface area contributed by atoms with Gasteiger partial charge in [0.2, 0.25) is 0 Å². The second-order valence-corrected chi connectivity index (χ2v) is 9.97. The summed E-state index contributed by atoms with van der Waals surface area (Å²) in [6.07, 6.45) is 4.20. The van der Waals surface area contributed by atoms with Crippen LogP contribution in [0.4, 0.5) is 0 Å². The molecule has 3 aliphatic heterocycles. The van der Waals surface area contributed by atoms with Crippen molar-refractivity contribution in [3.63, 3.8) is 0 Å². The fourth-order valence-corrected chi connectivity index (χ4v) is 6.98. The standard InChI is InChI=1S/C26H26N2O2S/c1-29-19-8-9-24-21(15-19)25(20-6-4-12-27-23(20)16-30-24)28-13-10-26(11-14-28)22-7-3-2-5-18(22)17-31-26/h2-9,12,15,25H,10-11,13-14,16-17H2,1H3. The number of ether oxygens (including phenoxy) is 2. The molecule has 1 unspecified atom stereocenters. The van der Waals surface area contributed by atoms with Gasteiger partial charge in [0.05, 0.1) is 18.8 Å². The molecule has 0 N–H and O–H groups in total. The Hall–Kier alpha value is -2.50. The first-order valence-electron chi connectivity index (χ1n) is 11.0. The summed E-state index contributed by atoms with van der Waals surface area (Å²) in [4.78, 5) is 7.29. The molecule has 3 aliphatic rings. The fourth-order valence-electron chi connectivity index (χ4n) is 5.47. The first-order chi connectivity index (χ1) is 15.3. The van der Waals surface area contributed by atoms with Crippen LogP contribution in [0.15, 0.2) is 60.8 Å². The van der Waals surface area contributed by atoms with Gasteiger partial charge in [0, 0.05) is 35.3 Å². The molecular formula is C26H26N2O2S. The summed E-state index contributed by atoms with van der Waals surface area (Å²) in [5.41, 5.74) is 6.55. The maximum Gasteiger partial charge on any atom is 0.131 e. The van der Waals surface area contributed by atoms with Gasteiger partial charge in [-0.3, -0.25) is 9.88 Å². The number of hydrogen-bond donors (Lipinski definition) is 0. The van der Waals surface area contributed by atoms with Crippen LogP contribution in [0.1, 0.15) is 46.8 Å². The van der Waals surface area contributed by atoms with Gasteiger partial charge in [-0.2, -0.15) is 0 Å². The molecule has 158 valence electrons. The average molecular weight is 431 g/mol. The summed E-state index contributed by atoms with van der Waals surface area (Å²) >= 11 is 2.14. The molecule has 0 bridgehead atoms. The lowest BCUT2D eigenvalue weighted by Gasteiger charge is -2.43. The summed E-state index contributed by atoms with van der Waals surface area (Å²) in [6.45, 7) is 2.61. The molecule has 0 aliphatic carbocycles. The van der Waals surface area contributed by atoms with E-state index in [-0.39, 0.29) is 10.8 Å². The molecule has 1 spiro atoms. The second-order valence-electron chi connectivity index (χ2n) is 8.61. The van der Waals surface area contributed by atoms with Crippen LogP contribution < -0.4 is 9.47 Å². The normalized spacial score (nSPS) is 21.5. The number of hydrogen-bond acceptors (Lipinski definition) is 5. The monoisotopic (exact) mass is 430 g/mol. The zero-order chi connectivity index (χ0) is 20.8. The lowest BCUT2D eigenvalue weighted by Crippen LogP contribution is -2.42. The number of methoxy groups -OCH3 is 1. The maximum atomic E-state index is 6.19. The zero-order valence-corrected chi connectivity index (χ0v) is 18.5. The molecular weight excluding hydrogens is 404 g/mol. The third-order valence-corrected chi connectivity index (χ3v) is 8.72. The molecule has 4 heterocycles. The predicted molar refractivity (Wildman–Crippen MR) is 124 cm³/mol. The molecule has 31 heavy (non-hydrogen) atoms. The van der Waals surface area contributed by atoms with Crippen molar-refractivity contribution < 1.29 is 9.47 Å². The smallest absolute Gasteiger partial charge is 0.131 e. The van der Waals surface area contributed by atoms with Gasteiger partial charge in [-0.1, -0.05) is 30.3 Å². The molecule has 1 fully saturated rings. The summed E-state index contributed by atoms with van der Waals surface area (Å²) < 4.78 is 12.0. The van der Waals surface area contributed by atoms with E-state index in [9.17, 15) is 0 Å². The Bertz CT molecular complexity index is 1120. The molecule has 0 radical (unpaired) electrons. The van der Waals surface area contributed by atoms with Gasteiger partial charge >= 0.3 is 0 Å². The minimum Gasteiger partial charge on any atom is -0.497 e. The van der Waals surface area contributed by atoms with Crippen LogP contribution in [0, 0.1) is 0 Å². The van der Waals surface area contributed by atoms with Gasteiger partial charge in [-0.05, 0) is 53.8 Å². The second kappa shape index (κ2) is 7.57. The quantitative estimate of drug-likeness (QED) is 0.550. The molecule has 0 amide bonds. The molecule has 0 saturated carbocycles. The van der Waals surface area contributed by atoms with E-state index in [0.29, 0.717) is 6.61 Å². The number of nitrogens with zero attached hydrogens (tertiary/aromatic N) is 2. The minimum absolute atomic E-state index is 0.135. The number of benzene rings is 2. The lowest BCUT2D eigenvalue weighted by molar-refractivity contribution is 0.164. The van der Waals surface area contributed by atoms with Crippen LogP contribution in [-0.4, -0.2) is 30.1 Å². The first-order valence-corrected chi connectivity index (χ1v) is 12.0. The highest BCUT2D eigenvalue weighted by atomic mass is 32.2. The number of thioether (sulfide) groups is 1. The summed E-state index contributed by atoms with van der Waals surface area (Å²) in [5, 5.41) is 0. The summed E-state index contributed by atoms with van der Waals surface area (Å²) in [5.74, 6) is 2.94. The third kappa shape index (κ3) is 3.14. The van der Waals surface area contributed by atoms with E-state index in [1.165, 1.54) is 29.5 Å². The van der Waals surface area contributed by atoms with Gasteiger partial charge in [0.15, 0.2) is 0 Å². The van der Waals surface area contributed by atoms with Crippen molar-refractivity contribution in [2.24, 2.45) is 0 Å². The Balaban J connectivity index is 1.37. The largest absolute Gasteiger partial charge is 0.497 e. The fraction of sp³-hybridized carbons (Fsp3) is 0.346. The Morgan fingerprint density at radius 1 is 1.06 bits per heavy atom. The van der Waals surface area contributed by atoms with Crippen molar-refractivity contribution in [2.75, 3.05) is 20.2 Å². The van der Waals surface area contributed by atoms with Crippen LogP contribution in [0.2, 0.25) is 0 Å². The molecule has 1 aromatic heterocycles. The summed E-state index contributed by atoms with van der Waals surface area (Å²) in [7, 11) is 1.73. The first kappa shape index (κ1) is 19.2. The van der Waals surface area contributed by atoms with Crippen LogP contribution in [0.3, 0.4) is 0 Å². The number of likely N-dealkylation sites (tertiary alicyclic amines) is 1. The van der Waals surface area contributed by atoms with Crippen molar-refractivity contribution in [2.45, 2.75) is 36.0 Å².